The fourth-order valence-electron chi connectivity index (χ4n) is 3.61. The Hall–Kier alpha value is -2.02. The molecule has 2 aromatic rings. The predicted octanol–water partition coefficient (Wildman–Crippen LogP) is 3.33. The van der Waals surface area contributed by atoms with Crippen LogP contribution in [-0.2, 0) is 4.79 Å². The van der Waals surface area contributed by atoms with E-state index in [1.54, 1.807) is 18.9 Å². The molecule has 3 atom stereocenters. The van der Waals surface area contributed by atoms with Crippen molar-refractivity contribution in [1.82, 2.24) is 9.80 Å². The average Bonchev–Trinajstić information content (AvgIpc) is 3.03. The number of hydrogen-bond donors (Lipinski definition) is 1. The lowest BCUT2D eigenvalue weighted by atomic mass is 9.95. The minimum absolute atomic E-state index is 0. The molecule has 0 bridgehead atoms. The Labute approximate surface area is 170 Å². The van der Waals surface area contributed by atoms with Crippen LogP contribution in [0.1, 0.15) is 30.0 Å². The molecule has 0 radical (unpaired) electrons. The smallest absolute Gasteiger partial charge is 0.236 e. The third kappa shape index (κ3) is 4.87. The van der Waals surface area contributed by atoms with Crippen molar-refractivity contribution < 1.29 is 13.6 Å². The summed E-state index contributed by atoms with van der Waals surface area (Å²) >= 11 is 0. The molecule has 0 saturated carbocycles. The highest BCUT2D eigenvalue weighted by Crippen LogP contribution is 2.27. The molecule has 1 aliphatic rings. The van der Waals surface area contributed by atoms with Gasteiger partial charge in [-0.3, -0.25) is 9.69 Å². The van der Waals surface area contributed by atoms with E-state index in [1.165, 1.54) is 11.6 Å². The Balaban J connectivity index is 0.00000280. The Kier molecular flexibility index (Phi) is 7.52. The molecule has 0 aliphatic carbocycles. The van der Waals surface area contributed by atoms with Crippen molar-refractivity contribution in [1.29, 1.82) is 0 Å². The topological polar surface area (TPSA) is 49.6 Å². The molecule has 1 amide bonds. The van der Waals surface area contributed by atoms with Gasteiger partial charge in [0, 0.05) is 32.1 Å². The number of nitrogens with two attached hydrogens (primary N) is 1. The second-order valence-corrected chi connectivity index (χ2v) is 7.23. The Morgan fingerprint density at radius 3 is 2.50 bits per heavy atom. The zero-order valence-electron chi connectivity index (χ0n) is 16.0. The van der Waals surface area contributed by atoms with Gasteiger partial charge in [0.05, 0.1) is 12.6 Å². The fraction of sp³-hybridized carbons (Fsp3) is 0.381. The summed E-state index contributed by atoms with van der Waals surface area (Å²) in [6, 6.07) is 13.4. The van der Waals surface area contributed by atoms with Crippen LogP contribution >= 0.6 is 12.4 Å². The van der Waals surface area contributed by atoms with Gasteiger partial charge in [0.25, 0.3) is 0 Å². The zero-order valence-corrected chi connectivity index (χ0v) is 16.8. The Bertz CT molecular complexity index is 805. The lowest BCUT2D eigenvalue weighted by molar-refractivity contribution is -0.132. The second kappa shape index (κ2) is 9.45. The normalized spacial score (nSPS) is 20.5. The van der Waals surface area contributed by atoms with Gasteiger partial charge in [0.15, 0.2) is 11.6 Å². The van der Waals surface area contributed by atoms with E-state index in [4.69, 9.17) is 5.73 Å². The van der Waals surface area contributed by atoms with E-state index >= 15 is 0 Å². The molecule has 2 N–H and O–H groups in total. The number of carbonyl (C=O) groups excluding carboxylic acids is 1. The first-order chi connectivity index (χ1) is 12.9. The van der Waals surface area contributed by atoms with Crippen molar-refractivity contribution >= 4 is 18.3 Å². The van der Waals surface area contributed by atoms with Gasteiger partial charge < -0.3 is 10.6 Å². The first kappa shape index (κ1) is 22.3. The molecule has 7 heteroatoms. The van der Waals surface area contributed by atoms with Crippen LogP contribution in [0.15, 0.2) is 48.5 Å². The zero-order chi connectivity index (χ0) is 19.6. The number of benzene rings is 2. The molecule has 0 spiro atoms. The van der Waals surface area contributed by atoms with E-state index in [0.29, 0.717) is 12.1 Å². The number of amides is 1. The predicted molar refractivity (Wildman–Crippen MR) is 108 cm³/mol. The molecular formula is C21H26ClF2N3O. The van der Waals surface area contributed by atoms with Crippen LogP contribution in [0.4, 0.5) is 8.78 Å². The van der Waals surface area contributed by atoms with E-state index in [2.05, 4.69) is 17.0 Å². The van der Waals surface area contributed by atoms with Crippen molar-refractivity contribution in [2.24, 2.45) is 5.73 Å². The standard InChI is InChI=1S/C21H25F2N3O.ClH/c1-14(16-8-9-18(22)19(23)10-16)25(2)21(27)13-26-11-17(20(24)12-26)15-6-4-3-5-7-15;/h3-10,14,17,20H,11-13,24H2,1-2H3;1H/t14?,17-,20+;/m0./s1. The van der Waals surface area contributed by atoms with Crippen molar-refractivity contribution in [3.05, 3.63) is 71.3 Å². The van der Waals surface area contributed by atoms with Crippen LogP contribution < -0.4 is 5.73 Å². The first-order valence-corrected chi connectivity index (χ1v) is 9.10. The minimum Gasteiger partial charge on any atom is -0.338 e. The van der Waals surface area contributed by atoms with E-state index in [0.717, 1.165) is 18.7 Å². The molecule has 152 valence electrons. The van der Waals surface area contributed by atoms with Crippen molar-refractivity contribution in [3.8, 4) is 0 Å². The SMILES string of the molecule is CC(c1ccc(F)c(F)c1)N(C)C(=O)CN1C[C@@H](N)[C@H](c2ccccc2)C1.Cl. The van der Waals surface area contributed by atoms with Crippen LogP contribution in [0.25, 0.3) is 0 Å². The van der Waals surface area contributed by atoms with Gasteiger partial charge in [0.2, 0.25) is 5.91 Å². The van der Waals surface area contributed by atoms with Gasteiger partial charge in [-0.1, -0.05) is 36.4 Å². The quantitative estimate of drug-likeness (QED) is 0.824. The van der Waals surface area contributed by atoms with Crippen molar-refractivity contribution in [2.75, 3.05) is 26.7 Å². The van der Waals surface area contributed by atoms with Gasteiger partial charge in [-0.05, 0) is 30.2 Å². The van der Waals surface area contributed by atoms with Crippen molar-refractivity contribution in [2.45, 2.75) is 24.9 Å². The monoisotopic (exact) mass is 409 g/mol. The summed E-state index contributed by atoms with van der Waals surface area (Å²) in [6.45, 7) is 3.43. The van der Waals surface area contributed by atoms with Crippen molar-refractivity contribution in [3.63, 3.8) is 0 Å². The summed E-state index contributed by atoms with van der Waals surface area (Å²) in [4.78, 5) is 16.3. The fourth-order valence-corrected chi connectivity index (χ4v) is 3.61. The molecule has 1 aliphatic heterocycles. The third-order valence-corrected chi connectivity index (χ3v) is 5.43. The summed E-state index contributed by atoms with van der Waals surface area (Å²) in [5, 5.41) is 0. The van der Waals surface area contributed by atoms with Gasteiger partial charge in [-0.15, -0.1) is 12.4 Å². The van der Waals surface area contributed by atoms with Crippen LogP contribution in [0.2, 0.25) is 0 Å². The molecule has 1 unspecified atom stereocenters. The van der Waals surface area contributed by atoms with Gasteiger partial charge in [-0.25, -0.2) is 8.78 Å². The number of likely N-dealkylation sites (N-methyl/N-ethyl adjacent to an activating group) is 1. The third-order valence-electron chi connectivity index (χ3n) is 5.43. The molecule has 28 heavy (non-hydrogen) atoms. The van der Waals surface area contributed by atoms with E-state index in [-0.39, 0.29) is 42.9 Å². The molecule has 1 heterocycles. The number of nitrogens with zero attached hydrogens (tertiary/aromatic N) is 2. The molecular weight excluding hydrogens is 384 g/mol. The van der Waals surface area contributed by atoms with Gasteiger partial charge in [-0.2, -0.15) is 0 Å². The van der Waals surface area contributed by atoms with Crippen LogP contribution in [0, 0.1) is 11.6 Å². The van der Waals surface area contributed by atoms with Crippen LogP contribution in [0.5, 0.6) is 0 Å². The van der Waals surface area contributed by atoms with E-state index < -0.39 is 11.6 Å². The maximum Gasteiger partial charge on any atom is 0.236 e. The second-order valence-electron chi connectivity index (χ2n) is 7.23. The number of hydrogen-bond acceptors (Lipinski definition) is 3. The lowest BCUT2D eigenvalue weighted by Crippen LogP contribution is -2.39. The lowest BCUT2D eigenvalue weighted by Gasteiger charge is -2.27. The number of halogens is 3. The molecule has 0 aromatic heterocycles. The number of rotatable bonds is 5. The average molecular weight is 410 g/mol. The Morgan fingerprint density at radius 2 is 1.86 bits per heavy atom. The largest absolute Gasteiger partial charge is 0.338 e. The van der Waals surface area contributed by atoms with Gasteiger partial charge >= 0.3 is 0 Å². The first-order valence-electron chi connectivity index (χ1n) is 9.10. The highest BCUT2D eigenvalue weighted by molar-refractivity contribution is 5.85. The summed E-state index contributed by atoms with van der Waals surface area (Å²) in [7, 11) is 1.68. The molecule has 4 nitrogen and oxygen atoms in total. The molecule has 3 rings (SSSR count). The van der Waals surface area contributed by atoms with Gasteiger partial charge in [0.1, 0.15) is 0 Å². The summed E-state index contributed by atoms with van der Waals surface area (Å²) in [5.74, 6) is -1.67. The maximum atomic E-state index is 13.5. The van der Waals surface area contributed by atoms with Crippen LogP contribution in [-0.4, -0.2) is 48.4 Å². The Morgan fingerprint density at radius 1 is 1.18 bits per heavy atom. The molecule has 2 aromatic carbocycles. The van der Waals surface area contributed by atoms with E-state index in [1.807, 2.05) is 18.2 Å². The van der Waals surface area contributed by atoms with Crippen LogP contribution in [0.3, 0.4) is 0 Å². The summed E-state index contributed by atoms with van der Waals surface area (Å²) in [5.41, 5.74) is 8.04. The highest BCUT2D eigenvalue weighted by Gasteiger charge is 2.33. The van der Waals surface area contributed by atoms with E-state index in [9.17, 15) is 13.6 Å². The summed E-state index contributed by atoms with van der Waals surface area (Å²) in [6.07, 6.45) is 0. The molecule has 1 fully saturated rings. The number of likely N-dealkylation sites (tertiary alicyclic amines) is 1. The number of carbonyl (C=O) groups is 1. The highest BCUT2D eigenvalue weighted by atomic mass is 35.5. The maximum absolute atomic E-state index is 13.5. The summed E-state index contributed by atoms with van der Waals surface area (Å²) < 4.78 is 26.6. The molecule has 1 saturated heterocycles. The minimum atomic E-state index is -0.906.